The van der Waals surface area contributed by atoms with Crippen LogP contribution in [0.4, 0.5) is 0 Å². The van der Waals surface area contributed by atoms with E-state index in [1.807, 2.05) is 13.0 Å². The lowest BCUT2D eigenvalue weighted by Gasteiger charge is -2.08. The zero-order valence-corrected chi connectivity index (χ0v) is 9.26. The number of carbonyl (C=O) groups is 1. The zero-order valence-electron chi connectivity index (χ0n) is 8.50. The Morgan fingerprint density at radius 3 is 2.73 bits per heavy atom. The molecule has 0 radical (unpaired) electrons. The summed E-state index contributed by atoms with van der Waals surface area (Å²) in [5.41, 5.74) is 0.558. The molecule has 15 heavy (non-hydrogen) atoms. The van der Waals surface area contributed by atoms with Crippen molar-refractivity contribution < 1.29 is 9.53 Å². The zero-order chi connectivity index (χ0) is 11.4. The van der Waals surface area contributed by atoms with E-state index in [1.54, 1.807) is 12.1 Å². The molecule has 78 valence electrons. The fourth-order valence-corrected chi connectivity index (χ4v) is 1.54. The molecule has 0 N–H and O–H groups in total. The number of halogens is 1. The van der Waals surface area contributed by atoms with Gasteiger partial charge in [0.2, 0.25) is 0 Å². The van der Waals surface area contributed by atoms with Crippen molar-refractivity contribution in [3.8, 4) is 11.8 Å². The second kappa shape index (κ2) is 4.81. The summed E-state index contributed by atoms with van der Waals surface area (Å²) in [5.74, 6) is 0.245. The number of nitrogens with zero attached hydrogens (tertiary/aromatic N) is 1. The number of hydrogen-bond donors (Lipinski definition) is 0. The summed E-state index contributed by atoms with van der Waals surface area (Å²) in [4.78, 5) is 11.2. The molecule has 0 saturated carbocycles. The summed E-state index contributed by atoms with van der Waals surface area (Å²) in [7, 11) is 0. The van der Waals surface area contributed by atoms with Crippen LogP contribution in [0.1, 0.15) is 29.8 Å². The molecule has 0 aromatic heterocycles. The first-order valence-corrected chi connectivity index (χ1v) is 4.86. The van der Waals surface area contributed by atoms with Crippen LogP contribution in [0, 0.1) is 11.3 Å². The molecule has 1 rings (SSSR count). The molecule has 0 atom stereocenters. The van der Waals surface area contributed by atoms with E-state index in [9.17, 15) is 4.79 Å². The van der Waals surface area contributed by atoms with Gasteiger partial charge >= 0.3 is 0 Å². The maximum Gasteiger partial charge on any atom is 0.161 e. The van der Waals surface area contributed by atoms with Gasteiger partial charge in [0, 0.05) is 5.56 Å². The minimum absolute atomic E-state index is 0.163. The maximum absolute atomic E-state index is 11.2. The predicted molar refractivity (Wildman–Crippen MR) is 57.3 cm³/mol. The highest BCUT2D eigenvalue weighted by Gasteiger charge is 2.14. The third kappa shape index (κ3) is 2.28. The Morgan fingerprint density at radius 2 is 2.27 bits per heavy atom. The van der Waals surface area contributed by atoms with Crippen LogP contribution in [-0.4, -0.2) is 12.4 Å². The van der Waals surface area contributed by atoms with E-state index in [0.29, 0.717) is 17.9 Å². The van der Waals surface area contributed by atoms with Gasteiger partial charge in [-0.05, 0) is 26.0 Å². The fraction of sp³-hybridized carbons (Fsp3) is 0.273. The summed E-state index contributed by atoms with van der Waals surface area (Å²) < 4.78 is 5.23. The first kappa shape index (κ1) is 11.5. The highest BCUT2D eigenvalue weighted by atomic mass is 35.5. The lowest BCUT2D eigenvalue weighted by molar-refractivity contribution is 0.101. The average Bonchev–Trinajstić information content (AvgIpc) is 2.18. The molecule has 0 fully saturated rings. The molecular formula is C11H10ClNO2. The van der Waals surface area contributed by atoms with Gasteiger partial charge in [-0.2, -0.15) is 5.26 Å². The summed E-state index contributed by atoms with van der Waals surface area (Å²) in [5, 5.41) is 9.07. The van der Waals surface area contributed by atoms with Crippen LogP contribution >= 0.6 is 11.6 Å². The van der Waals surface area contributed by atoms with Crippen molar-refractivity contribution in [1.29, 1.82) is 5.26 Å². The van der Waals surface area contributed by atoms with Gasteiger partial charge in [0.15, 0.2) is 5.78 Å². The SMILES string of the molecule is CCOc1ccc(C(C)=O)c(Cl)c1C#N. The van der Waals surface area contributed by atoms with Gasteiger partial charge in [-0.25, -0.2) is 0 Å². The van der Waals surface area contributed by atoms with Gasteiger partial charge in [-0.15, -0.1) is 0 Å². The predicted octanol–water partition coefficient (Wildman–Crippen LogP) is 2.81. The number of carbonyl (C=O) groups excluding carboxylic acids is 1. The van der Waals surface area contributed by atoms with Crippen molar-refractivity contribution in [2.24, 2.45) is 0 Å². The Kier molecular flexibility index (Phi) is 3.70. The highest BCUT2D eigenvalue weighted by molar-refractivity contribution is 6.35. The number of hydrogen-bond acceptors (Lipinski definition) is 3. The molecule has 4 heteroatoms. The molecule has 3 nitrogen and oxygen atoms in total. The number of ether oxygens (including phenoxy) is 1. The van der Waals surface area contributed by atoms with Gasteiger partial charge in [0.05, 0.1) is 11.6 Å². The largest absolute Gasteiger partial charge is 0.492 e. The first-order chi connectivity index (χ1) is 7.11. The van der Waals surface area contributed by atoms with Gasteiger partial charge in [-0.3, -0.25) is 4.79 Å². The molecule has 1 aromatic rings. The van der Waals surface area contributed by atoms with Gasteiger partial charge in [-0.1, -0.05) is 11.6 Å². The monoisotopic (exact) mass is 223 g/mol. The van der Waals surface area contributed by atoms with E-state index >= 15 is 0 Å². The molecule has 0 unspecified atom stereocenters. The number of rotatable bonds is 3. The smallest absolute Gasteiger partial charge is 0.161 e. The Labute approximate surface area is 93.2 Å². The van der Waals surface area contributed by atoms with Crippen molar-refractivity contribution >= 4 is 17.4 Å². The molecule has 0 aliphatic rings. The number of nitriles is 1. The lowest BCUT2D eigenvalue weighted by Crippen LogP contribution is -2.00. The lowest BCUT2D eigenvalue weighted by atomic mass is 10.1. The van der Waals surface area contributed by atoms with Crippen molar-refractivity contribution in [1.82, 2.24) is 0 Å². The summed E-state index contributed by atoms with van der Waals surface area (Å²) in [6, 6.07) is 5.09. The molecule has 0 heterocycles. The van der Waals surface area contributed by atoms with Crippen LogP contribution in [0.5, 0.6) is 5.75 Å². The molecule has 0 spiro atoms. The minimum Gasteiger partial charge on any atom is -0.492 e. The van der Waals surface area contributed by atoms with Crippen LogP contribution in [0.3, 0.4) is 0 Å². The van der Waals surface area contributed by atoms with Crippen LogP contribution < -0.4 is 4.74 Å². The van der Waals surface area contributed by atoms with Crippen molar-refractivity contribution in [2.75, 3.05) is 6.61 Å². The van der Waals surface area contributed by atoms with E-state index in [1.165, 1.54) is 6.92 Å². The van der Waals surface area contributed by atoms with Gasteiger partial charge in [0.1, 0.15) is 17.4 Å². The van der Waals surface area contributed by atoms with Crippen molar-refractivity contribution in [3.05, 3.63) is 28.3 Å². The van der Waals surface area contributed by atoms with Gasteiger partial charge < -0.3 is 4.74 Å². The van der Waals surface area contributed by atoms with Gasteiger partial charge in [0.25, 0.3) is 0 Å². The first-order valence-electron chi connectivity index (χ1n) is 4.48. The molecule has 0 amide bonds. The Bertz CT molecular complexity index is 435. The molecule has 0 aliphatic carbocycles. The third-order valence-corrected chi connectivity index (χ3v) is 2.29. The number of Topliss-reactive ketones (excluding diaryl/α,β-unsaturated/α-hetero) is 1. The van der Waals surface area contributed by atoms with Crippen molar-refractivity contribution in [2.45, 2.75) is 13.8 Å². The summed E-state index contributed by atoms with van der Waals surface area (Å²) in [6.45, 7) is 3.67. The summed E-state index contributed by atoms with van der Waals surface area (Å²) >= 11 is 5.92. The maximum atomic E-state index is 11.2. The fourth-order valence-electron chi connectivity index (χ4n) is 1.21. The van der Waals surface area contributed by atoms with Crippen LogP contribution in [0.15, 0.2) is 12.1 Å². The average molecular weight is 224 g/mol. The van der Waals surface area contributed by atoms with Crippen LogP contribution in [-0.2, 0) is 0 Å². The van der Waals surface area contributed by atoms with E-state index in [-0.39, 0.29) is 16.4 Å². The minimum atomic E-state index is -0.167. The van der Waals surface area contributed by atoms with Crippen LogP contribution in [0.2, 0.25) is 5.02 Å². The molecule has 1 aromatic carbocycles. The number of ketones is 1. The normalized spacial score (nSPS) is 9.47. The molecule has 0 aliphatic heterocycles. The number of benzene rings is 1. The topological polar surface area (TPSA) is 50.1 Å². The quantitative estimate of drug-likeness (QED) is 0.741. The van der Waals surface area contributed by atoms with Crippen LogP contribution in [0.25, 0.3) is 0 Å². The van der Waals surface area contributed by atoms with E-state index in [2.05, 4.69) is 0 Å². The second-order valence-electron chi connectivity index (χ2n) is 2.90. The Balaban J connectivity index is 3.34. The van der Waals surface area contributed by atoms with E-state index < -0.39 is 0 Å². The molecular weight excluding hydrogens is 214 g/mol. The Hall–Kier alpha value is -1.53. The van der Waals surface area contributed by atoms with Crippen molar-refractivity contribution in [3.63, 3.8) is 0 Å². The Morgan fingerprint density at radius 1 is 1.60 bits per heavy atom. The van der Waals surface area contributed by atoms with E-state index in [4.69, 9.17) is 21.6 Å². The third-order valence-electron chi connectivity index (χ3n) is 1.89. The summed E-state index contributed by atoms with van der Waals surface area (Å²) in [6.07, 6.45) is 0. The second-order valence-corrected chi connectivity index (χ2v) is 3.28. The highest BCUT2D eigenvalue weighted by Crippen LogP contribution is 2.29. The standard InChI is InChI=1S/C11H10ClNO2/c1-3-15-10-5-4-8(7(2)14)11(12)9(10)6-13/h4-5H,3H2,1-2H3. The van der Waals surface area contributed by atoms with E-state index in [0.717, 1.165) is 0 Å². The molecule has 0 bridgehead atoms. The molecule has 0 saturated heterocycles.